The molecule has 1 aliphatic rings. The standard InChI is InChI=1S/C21H19NO3/c23-21(10-7-15-6-9-19-20(12-15)25-14-24-19)22-13-16-5-8-17-3-1-2-4-18(17)11-16/h1-6,8-9,11-12H,7,10,13-14H2,(H,22,23). The molecule has 4 heteroatoms. The molecule has 3 aromatic rings. The van der Waals surface area contributed by atoms with E-state index in [1.54, 1.807) is 0 Å². The van der Waals surface area contributed by atoms with Crippen molar-refractivity contribution in [3.8, 4) is 11.5 Å². The van der Waals surface area contributed by atoms with Gasteiger partial charge in [0.05, 0.1) is 0 Å². The van der Waals surface area contributed by atoms with Gasteiger partial charge in [-0.3, -0.25) is 4.79 Å². The zero-order valence-corrected chi connectivity index (χ0v) is 13.8. The number of hydrogen-bond donors (Lipinski definition) is 1. The SMILES string of the molecule is O=C(CCc1ccc2c(c1)OCO2)NCc1ccc2ccccc2c1. The van der Waals surface area contributed by atoms with Crippen LogP contribution in [0.2, 0.25) is 0 Å². The number of carbonyl (C=O) groups is 1. The van der Waals surface area contributed by atoms with Crippen LogP contribution < -0.4 is 14.8 Å². The van der Waals surface area contributed by atoms with Crippen LogP contribution in [0.5, 0.6) is 11.5 Å². The van der Waals surface area contributed by atoms with Crippen LogP contribution in [0, 0.1) is 0 Å². The van der Waals surface area contributed by atoms with Crippen molar-refractivity contribution < 1.29 is 14.3 Å². The highest BCUT2D eigenvalue weighted by molar-refractivity contribution is 5.83. The first-order chi connectivity index (χ1) is 12.3. The third-order valence-corrected chi connectivity index (χ3v) is 4.38. The number of amides is 1. The average Bonchev–Trinajstić information content (AvgIpc) is 3.12. The van der Waals surface area contributed by atoms with Crippen molar-refractivity contribution in [1.29, 1.82) is 0 Å². The van der Waals surface area contributed by atoms with Gasteiger partial charge in [0.1, 0.15) is 0 Å². The minimum atomic E-state index is 0.0471. The minimum absolute atomic E-state index is 0.0471. The lowest BCUT2D eigenvalue weighted by atomic mass is 10.1. The molecule has 0 unspecified atom stereocenters. The molecule has 0 saturated heterocycles. The molecule has 25 heavy (non-hydrogen) atoms. The van der Waals surface area contributed by atoms with E-state index in [1.165, 1.54) is 10.8 Å². The van der Waals surface area contributed by atoms with E-state index >= 15 is 0 Å². The average molecular weight is 333 g/mol. The quantitative estimate of drug-likeness (QED) is 0.772. The number of aryl methyl sites for hydroxylation is 1. The van der Waals surface area contributed by atoms with Gasteiger partial charge < -0.3 is 14.8 Å². The molecule has 1 N–H and O–H groups in total. The van der Waals surface area contributed by atoms with Gasteiger partial charge in [-0.1, -0.05) is 42.5 Å². The monoisotopic (exact) mass is 333 g/mol. The molecule has 4 rings (SSSR count). The van der Waals surface area contributed by atoms with Gasteiger partial charge in [-0.2, -0.15) is 0 Å². The summed E-state index contributed by atoms with van der Waals surface area (Å²) in [6, 6.07) is 20.3. The summed E-state index contributed by atoms with van der Waals surface area (Å²) < 4.78 is 10.7. The van der Waals surface area contributed by atoms with Crippen LogP contribution in [0.25, 0.3) is 10.8 Å². The van der Waals surface area contributed by atoms with Gasteiger partial charge >= 0.3 is 0 Å². The molecule has 0 atom stereocenters. The topological polar surface area (TPSA) is 47.6 Å². The van der Waals surface area contributed by atoms with E-state index in [9.17, 15) is 4.79 Å². The Hall–Kier alpha value is -3.01. The number of hydrogen-bond acceptors (Lipinski definition) is 3. The summed E-state index contributed by atoms with van der Waals surface area (Å²) in [5, 5.41) is 5.39. The van der Waals surface area contributed by atoms with Crippen LogP contribution in [0.1, 0.15) is 17.5 Å². The largest absolute Gasteiger partial charge is 0.454 e. The molecule has 0 saturated carbocycles. The Morgan fingerprint density at radius 1 is 0.880 bits per heavy atom. The van der Waals surface area contributed by atoms with Gasteiger partial charge in [0.25, 0.3) is 0 Å². The van der Waals surface area contributed by atoms with Crippen molar-refractivity contribution >= 4 is 16.7 Å². The maximum absolute atomic E-state index is 12.1. The maximum Gasteiger partial charge on any atom is 0.231 e. The fourth-order valence-corrected chi connectivity index (χ4v) is 2.99. The molecule has 126 valence electrons. The summed E-state index contributed by atoms with van der Waals surface area (Å²) >= 11 is 0. The Balaban J connectivity index is 1.31. The Kier molecular flexibility index (Phi) is 4.25. The third-order valence-electron chi connectivity index (χ3n) is 4.38. The Bertz CT molecular complexity index is 920. The highest BCUT2D eigenvalue weighted by Crippen LogP contribution is 2.32. The summed E-state index contributed by atoms with van der Waals surface area (Å²) in [4.78, 5) is 12.1. The first-order valence-electron chi connectivity index (χ1n) is 8.41. The van der Waals surface area contributed by atoms with Crippen LogP contribution in [0.4, 0.5) is 0 Å². The molecule has 1 amide bonds. The van der Waals surface area contributed by atoms with Gasteiger partial charge in [0, 0.05) is 13.0 Å². The highest BCUT2D eigenvalue weighted by Gasteiger charge is 2.13. The zero-order chi connectivity index (χ0) is 17.1. The lowest BCUT2D eigenvalue weighted by Crippen LogP contribution is -2.22. The molecular weight excluding hydrogens is 314 g/mol. The third kappa shape index (κ3) is 3.58. The number of rotatable bonds is 5. The van der Waals surface area contributed by atoms with Crippen LogP contribution >= 0.6 is 0 Å². The number of carbonyl (C=O) groups excluding carboxylic acids is 1. The van der Waals surface area contributed by atoms with Crippen molar-refractivity contribution in [3.05, 3.63) is 71.8 Å². The lowest BCUT2D eigenvalue weighted by Gasteiger charge is -2.07. The van der Waals surface area contributed by atoms with Crippen molar-refractivity contribution in [3.63, 3.8) is 0 Å². The Labute approximate surface area is 146 Å². The summed E-state index contributed by atoms with van der Waals surface area (Å²) in [6.45, 7) is 0.815. The Morgan fingerprint density at radius 3 is 2.60 bits per heavy atom. The van der Waals surface area contributed by atoms with Gasteiger partial charge in [-0.15, -0.1) is 0 Å². The van der Waals surface area contributed by atoms with E-state index in [0.717, 1.165) is 22.6 Å². The highest BCUT2D eigenvalue weighted by atomic mass is 16.7. The van der Waals surface area contributed by atoms with Gasteiger partial charge in [0.15, 0.2) is 11.5 Å². The molecule has 0 fully saturated rings. The van der Waals surface area contributed by atoms with Crippen LogP contribution in [-0.4, -0.2) is 12.7 Å². The lowest BCUT2D eigenvalue weighted by molar-refractivity contribution is -0.121. The molecule has 0 aromatic heterocycles. The van der Waals surface area contributed by atoms with Crippen LogP contribution in [0.3, 0.4) is 0 Å². The van der Waals surface area contributed by atoms with E-state index in [0.29, 0.717) is 19.4 Å². The molecular formula is C21H19NO3. The maximum atomic E-state index is 12.1. The molecule has 0 bridgehead atoms. The van der Waals surface area contributed by atoms with Crippen LogP contribution in [-0.2, 0) is 17.8 Å². The van der Waals surface area contributed by atoms with E-state index in [-0.39, 0.29) is 12.7 Å². The van der Waals surface area contributed by atoms with E-state index in [2.05, 4.69) is 35.6 Å². The normalized spacial score (nSPS) is 12.3. The smallest absolute Gasteiger partial charge is 0.231 e. The predicted octanol–water partition coefficient (Wildman–Crippen LogP) is 3.82. The summed E-state index contributed by atoms with van der Waals surface area (Å²) in [5.41, 5.74) is 2.18. The van der Waals surface area contributed by atoms with Crippen molar-refractivity contribution in [2.75, 3.05) is 6.79 Å². The van der Waals surface area contributed by atoms with Crippen molar-refractivity contribution in [2.24, 2.45) is 0 Å². The van der Waals surface area contributed by atoms with Gasteiger partial charge in [-0.05, 0) is 46.5 Å². The Morgan fingerprint density at radius 2 is 1.68 bits per heavy atom. The molecule has 0 aliphatic carbocycles. The summed E-state index contributed by atoms with van der Waals surface area (Å²) in [5.74, 6) is 1.57. The summed E-state index contributed by atoms with van der Waals surface area (Å²) in [6.07, 6.45) is 1.13. The molecule has 0 radical (unpaired) electrons. The number of ether oxygens (including phenoxy) is 2. The molecule has 1 aliphatic heterocycles. The first kappa shape index (κ1) is 15.5. The number of benzene rings is 3. The first-order valence-corrected chi connectivity index (χ1v) is 8.41. The second-order valence-electron chi connectivity index (χ2n) is 6.15. The zero-order valence-electron chi connectivity index (χ0n) is 13.8. The van der Waals surface area contributed by atoms with E-state index < -0.39 is 0 Å². The second kappa shape index (κ2) is 6.85. The van der Waals surface area contributed by atoms with Crippen molar-refractivity contribution in [2.45, 2.75) is 19.4 Å². The van der Waals surface area contributed by atoms with Gasteiger partial charge in [0.2, 0.25) is 12.7 Å². The van der Waals surface area contributed by atoms with Gasteiger partial charge in [-0.25, -0.2) is 0 Å². The number of fused-ring (bicyclic) bond motifs is 2. The van der Waals surface area contributed by atoms with Crippen molar-refractivity contribution in [1.82, 2.24) is 5.32 Å². The fraction of sp³-hybridized carbons (Fsp3) is 0.190. The van der Waals surface area contributed by atoms with Crippen LogP contribution in [0.15, 0.2) is 60.7 Å². The minimum Gasteiger partial charge on any atom is -0.454 e. The van der Waals surface area contributed by atoms with E-state index in [1.807, 2.05) is 30.3 Å². The number of nitrogens with one attached hydrogen (secondary N) is 1. The summed E-state index contributed by atoms with van der Waals surface area (Å²) in [7, 11) is 0. The second-order valence-corrected chi connectivity index (χ2v) is 6.15. The molecule has 0 spiro atoms. The molecule has 3 aromatic carbocycles. The molecule has 4 nitrogen and oxygen atoms in total. The fourth-order valence-electron chi connectivity index (χ4n) is 2.99. The predicted molar refractivity (Wildman–Crippen MR) is 96.7 cm³/mol. The molecule has 1 heterocycles. The van der Waals surface area contributed by atoms with E-state index in [4.69, 9.17) is 9.47 Å².